The van der Waals surface area contributed by atoms with Crippen molar-refractivity contribution >= 4 is 34.8 Å². The van der Waals surface area contributed by atoms with E-state index < -0.39 is 0 Å². The monoisotopic (exact) mass is 486 g/mol. The highest BCUT2D eigenvalue weighted by atomic mass is 35.5. The lowest BCUT2D eigenvalue weighted by Gasteiger charge is -2.37. The Bertz CT molecular complexity index is 1080. The summed E-state index contributed by atoms with van der Waals surface area (Å²) in [5, 5.41) is 2.70. The van der Waals surface area contributed by atoms with Crippen LogP contribution in [0, 0.1) is 5.92 Å². The Balaban J connectivity index is 1.51. The zero-order valence-electron chi connectivity index (χ0n) is 18.7. The van der Waals surface area contributed by atoms with Gasteiger partial charge in [0.2, 0.25) is 11.8 Å². The molecule has 2 aromatic heterocycles. The largest absolute Gasteiger partial charge is 0.491 e. The van der Waals surface area contributed by atoms with Gasteiger partial charge in [0.05, 0.1) is 18.8 Å². The summed E-state index contributed by atoms with van der Waals surface area (Å²) in [6, 6.07) is 12.6. The fourth-order valence-electron chi connectivity index (χ4n) is 4.00. The number of halogens is 1. The van der Waals surface area contributed by atoms with Gasteiger partial charge in [-0.3, -0.25) is 9.59 Å². The lowest BCUT2D eigenvalue weighted by atomic mass is 10.00. The molecular formula is C25H27ClN2O4S. The van der Waals surface area contributed by atoms with Crippen LogP contribution in [-0.2, 0) is 22.6 Å². The molecule has 0 saturated heterocycles. The molecule has 2 amide bonds. The third-order valence-electron chi connectivity index (χ3n) is 5.70. The molecule has 0 fully saturated rings. The first-order chi connectivity index (χ1) is 15.9. The van der Waals surface area contributed by atoms with Gasteiger partial charge in [0, 0.05) is 22.4 Å². The highest BCUT2D eigenvalue weighted by molar-refractivity contribution is 7.10. The minimum atomic E-state index is -0.221. The van der Waals surface area contributed by atoms with Crippen molar-refractivity contribution in [3.63, 3.8) is 0 Å². The van der Waals surface area contributed by atoms with Gasteiger partial charge in [0.1, 0.15) is 24.7 Å². The van der Waals surface area contributed by atoms with Gasteiger partial charge in [-0.25, -0.2) is 0 Å². The number of rotatable bonds is 8. The highest BCUT2D eigenvalue weighted by Crippen LogP contribution is 2.34. The minimum Gasteiger partial charge on any atom is -0.491 e. The van der Waals surface area contributed by atoms with Gasteiger partial charge in [-0.1, -0.05) is 25.4 Å². The maximum absolute atomic E-state index is 13.5. The molecule has 1 atom stereocenters. The van der Waals surface area contributed by atoms with Gasteiger partial charge in [0.25, 0.3) is 0 Å². The standard InChI is InChI=1S/C25H27ClN2O4S/c1-17(2)25(30)27(14-20-4-3-12-31-20)15-24(29)28-11-9-23-21(10-13-33-23)22(28)16-32-19-7-5-18(26)6-8-19/h3-8,10,12-13,17,22H,9,11,14-16H2,1-2H3/t22-/m0/s1. The molecule has 0 spiro atoms. The van der Waals surface area contributed by atoms with Crippen molar-refractivity contribution in [3.05, 3.63) is 75.3 Å². The second kappa shape index (κ2) is 10.4. The van der Waals surface area contributed by atoms with Crippen molar-refractivity contribution < 1.29 is 18.7 Å². The normalized spacial score (nSPS) is 15.4. The molecule has 174 valence electrons. The first kappa shape index (κ1) is 23.4. The van der Waals surface area contributed by atoms with Crippen LogP contribution < -0.4 is 4.74 Å². The van der Waals surface area contributed by atoms with Crippen molar-refractivity contribution in [2.24, 2.45) is 5.92 Å². The molecule has 3 aromatic rings. The Kier molecular flexibility index (Phi) is 7.40. The number of carbonyl (C=O) groups is 2. The first-order valence-electron chi connectivity index (χ1n) is 11.0. The second-order valence-corrected chi connectivity index (χ2v) is 9.78. The van der Waals surface area contributed by atoms with E-state index in [1.165, 1.54) is 4.88 Å². The molecule has 0 saturated carbocycles. The van der Waals surface area contributed by atoms with Crippen LogP contribution in [-0.4, -0.2) is 41.3 Å². The SMILES string of the molecule is CC(C)C(=O)N(CC(=O)N1CCc2sccc2[C@@H]1COc1ccc(Cl)cc1)Cc1ccco1. The van der Waals surface area contributed by atoms with Crippen LogP contribution >= 0.6 is 22.9 Å². The molecular weight excluding hydrogens is 460 g/mol. The molecule has 3 heterocycles. The van der Waals surface area contributed by atoms with E-state index >= 15 is 0 Å². The molecule has 0 bridgehead atoms. The number of nitrogens with zero attached hydrogens (tertiary/aromatic N) is 2. The number of hydrogen-bond acceptors (Lipinski definition) is 5. The van der Waals surface area contributed by atoms with Crippen LogP contribution in [0.4, 0.5) is 0 Å². The smallest absolute Gasteiger partial charge is 0.242 e. The Morgan fingerprint density at radius 3 is 2.73 bits per heavy atom. The Hall–Kier alpha value is -2.77. The van der Waals surface area contributed by atoms with E-state index in [0.29, 0.717) is 29.7 Å². The molecule has 1 aliphatic heterocycles. The number of furan rings is 1. The maximum Gasteiger partial charge on any atom is 0.242 e. The molecule has 1 aromatic carbocycles. The fourth-order valence-corrected chi connectivity index (χ4v) is 5.06. The first-order valence-corrected chi connectivity index (χ1v) is 12.2. The summed E-state index contributed by atoms with van der Waals surface area (Å²) in [5.41, 5.74) is 1.11. The maximum atomic E-state index is 13.5. The van der Waals surface area contributed by atoms with Crippen LogP contribution in [0.5, 0.6) is 5.75 Å². The van der Waals surface area contributed by atoms with Crippen molar-refractivity contribution in [2.75, 3.05) is 19.7 Å². The topological polar surface area (TPSA) is 63.0 Å². The molecule has 0 aliphatic carbocycles. The van der Waals surface area contributed by atoms with E-state index in [0.717, 1.165) is 12.0 Å². The molecule has 6 nitrogen and oxygen atoms in total. The lowest BCUT2D eigenvalue weighted by molar-refractivity contribution is -0.145. The summed E-state index contributed by atoms with van der Waals surface area (Å²) in [4.78, 5) is 31.0. The molecule has 0 unspecified atom stereocenters. The van der Waals surface area contributed by atoms with E-state index in [4.69, 9.17) is 20.8 Å². The van der Waals surface area contributed by atoms with Gasteiger partial charge in [-0.2, -0.15) is 0 Å². The quantitative estimate of drug-likeness (QED) is 0.440. The van der Waals surface area contributed by atoms with E-state index in [2.05, 4.69) is 11.4 Å². The summed E-state index contributed by atoms with van der Waals surface area (Å²) in [5.74, 6) is 0.947. The van der Waals surface area contributed by atoms with Crippen LogP contribution in [0.1, 0.15) is 36.1 Å². The molecule has 0 N–H and O–H groups in total. The Morgan fingerprint density at radius 1 is 1.24 bits per heavy atom. The second-order valence-electron chi connectivity index (χ2n) is 8.35. The van der Waals surface area contributed by atoms with E-state index in [1.807, 2.05) is 36.9 Å². The zero-order valence-corrected chi connectivity index (χ0v) is 20.3. The van der Waals surface area contributed by atoms with Crippen LogP contribution in [0.15, 0.2) is 58.5 Å². The molecule has 8 heteroatoms. The zero-order chi connectivity index (χ0) is 23.4. The van der Waals surface area contributed by atoms with E-state index in [9.17, 15) is 9.59 Å². The molecule has 4 rings (SSSR count). The summed E-state index contributed by atoms with van der Waals surface area (Å²) < 4.78 is 11.5. The van der Waals surface area contributed by atoms with Crippen molar-refractivity contribution in [1.29, 1.82) is 0 Å². The highest BCUT2D eigenvalue weighted by Gasteiger charge is 2.34. The summed E-state index contributed by atoms with van der Waals surface area (Å²) in [6.45, 7) is 4.85. The average Bonchev–Trinajstić information content (AvgIpc) is 3.49. The molecule has 33 heavy (non-hydrogen) atoms. The number of ether oxygens (including phenoxy) is 1. The Morgan fingerprint density at radius 2 is 2.03 bits per heavy atom. The van der Waals surface area contributed by atoms with Crippen LogP contribution in [0.25, 0.3) is 0 Å². The van der Waals surface area contributed by atoms with E-state index in [-0.39, 0.29) is 36.9 Å². The predicted molar refractivity (Wildman–Crippen MR) is 128 cm³/mol. The van der Waals surface area contributed by atoms with Crippen LogP contribution in [0.2, 0.25) is 5.02 Å². The average molecular weight is 487 g/mol. The predicted octanol–water partition coefficient (Wildman–Crippen LogP) is 5.18. The van der Waals surface area contributed by atoms with Gasteiger partial charge in [-0.05, 0) is 59.8 Å². The number of fused-ring (bicyclic) bond motifs is 1. The van der Waals surface area contributed by atoms with Gasteiger partial charge in [-0.15, -0.1) is 11.3 Å². The number of benzene rings is 1. The van der Waals surface area contributed by atoms with Crippen molar-refractivity contribution in [2.45, 2.75) is 32.9 Å². The third kappa shape index (κ3) is 5.60. The van der Waals surface area contributed by atoms with Gasteiger partial charge in [0.15, 0.2) is 0 Å². The number of amides is 2. The van der Waals surface area contributed by atoms with Crippen LogP contribution in [0.3, 0.4) is 0 Å². The third-order valence-corrected chi connectivity index (χ3v) is 6.94. The number of hydrogen-bond donors (Lipinski definition) is 0. The molecule has 1 aliphatic rings. The summed E-state index contributed by atoms with van der Waals surface area (Å²) in [6.07, 6.45) is 2.37. The van der Waals surface area contributed by atoms with Crippen molar-refractivity contribution in [1.82, 2.24) is 9.80 Å². The number of thiophene rings is 1. The summed E-state index contributed by atoms with van der Waals surface area (Å²) in [7, 11) is 0. The van der Waals surface area contributed by atoms with Gasteiger partial charge >= 0.3 is 0 Å². The number of carbonyl (C=O) groups excluding carboxylic acids is 2. The summed E-state index contributed by atoms with van der Waals surface area (Å²) >= 11 is 7.68. The minimum absolute atomic E-state index is 0.00533. The molecule has 0 radical (unpaired) electrons. The fraction of sp³-hybridized carbons (Fsp3) is 0.360. The van der Waals surface area contributed by atoms with Crippen molar-refractivity contribution in [3.8, 4) is 5.75 Å². The lowest BCUT2D eigenvalue weighted by Crippen LogP contribution is -2.48. The van der Waals surface area contributed by atoms with E-state index in [1.54, 1.807) is 40.7 Å². The van der Waals surface area contributed by atoms with Gasteiger partial charge < -0.3 is 19.0 Å². The Labute approximate surface area is 202 Å².